The average Bonchev–Trinajstić information content (AvgIpc) is 3.22. The van der Waals surface area contributed by atoms with Gasteiger partial charge in [-0.05, 0) is 68.9 Å². The molecule has 0 bridgehead atoms. The average molecular weight is 359 g/mol. The van der Waals surface area contributed by atoms with Gasteiger partial charge in [0.1, 0.15) is 5.82 Å². The summed E-state index contributed by atoms with van der Waals surface area (Å²) in [6, 6.07) is 19.5. The van der Waals surface area contributed by atoms with Crippen LogP contribution in [-0.2, 0) is 6.42 Å². The zero-order valence-electron chi connectivity index (χ0n) is 15.5. The summed E-state index contributed by atoms with van der Waals surface area (Å²) in [6.07, 6.45) is 4.67. The molecular weight excluding hydrogens is 334 g/mol. The lowest BCUT2D eigenvalue weighted by atomic mass is 10.1. The van der Waals surface area contributed by atoms with Crippen LogP contribution in [0.4, 0.5) is 5.82 Å². The zero-order chi connectivity index (χ0) is 18.5. The number of fused-ring (bicyclic) bond motifs is 1. The predicted molar refractivity (Wildman–Crippen MR) is 110 cm³/mol. The number of aryl methyl sites for hydroxylation is 1. The first kappa shape index (κ1) is 17.7. The van der Waals surface area contributed by atoms with Crippen LogP contribution >= 0.6 is 0 Å². The maximum absolute atomic E-state index is 12.6. The van der Waals surface area contributed by atoms with E-state index in [-0.39, 0.29) is 5.91 Å². The molecule has 0 aliphatic carbocycles. The molecule has 0 unspecified atom stereocenters. The maximum atomic E-state index is 12.6. The Morgan fingerprint density at radius 2 is 1.74 bits per heavy atom. The molecule has 1 fully saturated rings. The molecule has 27 heavy (non-hydrogen) atoms. The Hall–Kier alpha value is -2.72. The van der Waals surface area contributed by atoms with E-state index in [4.69, 9.17) is 4.98 Å². The molecular formula is C23H25N3O. The topological polar surface area (TPSA) is 45.2 Å². The van der Waals surface area contributed by atoms with E-state index in [1.807, 2.05) is 48.5 Å². The highest BCUT2D eigenvalue weighted by atomic mass is 16.1. The lowest BCUT2D eigenvalue weighted by Gasteiger charge is -2.15. The SMILES string of the molecule is O=C(Nc1nc(CCCN2CCCC2)cc2ccccc12)c1ccccc1. The van der Waals surface area contributed by atoms with Crippen molar-refractivity contribution in [1.29, 1.82) is 0 Å². The van der Waals surface area contributed by atoms with Crippen molar-refractivity contribution in [2.75, 3.05) is 25.0 Å². The van der Waals surface area contributed by atoms with Crippen molar-refractivity contribution in [3.05, 3.63) is 71.9 Å². The minimum atomic E-state index is -0.123. The summed E-state index contributed by atoms with van der Waals surface area (Å²) in [5.74, 6) is 0.528. The van der Waals surface area contributed by atoms with Gasteiger partial charge < -0.3 is 10.2 Å². The molecule has 0 radical (unpaired) electrons. The van der Waals surface area contributed by atoms with Gasteiger partial charge in [-0.3, -0.25) is 4.79 Å². The summed E-state index contributed by atoms with van der Waals surface area (Å²) in [6.45, 7) is 3.58. The number of carbonyl (C=O) groups is 1. The third kappa shape index (κ3) is 4.34. The van der Waals surface area contributed by atoms with Crippen LogP contribution in [-0.4, -0.2) is 35.4 Å². The van der Waals surface area contributed by atoms with Crippen molar-refractivity contribution >= 4 is 22.5 Å². The van der Waals surface area contributed by atoms with Crippen LogP contribution in [0.3, 0.4) is 0 Å². The van der Waals surface area contributed by atoms with Crippen LogP contribution < -0.4 is 5.32 Å². The Kier molecular flexibility index (Phi) is 5.45. The van der Waals surface area contributed by atoms with Crippen LogP contribution in [0.1, 0.15) is 35.3 Å². The van der Waals surface area contributed by atoms with Crippen molar-refractivity contribution in [3.8, 4) is 0 Å². The monoisotopic (exact) mass is 359 g/mol. The fourth-order valence-electron chi connectivity index (χ4n) is 3.74. The lowest BCUT2D eigenvalue weighted by molar-refractivity contribution is 0.102. The Morgan fingerprint density at radius 3 is 2.56 bits per heavy atom. The number of anilines is 1. The minimum Gasteiger partial charge on any atom is -0.306 e. The second kappa shape index (κ2) is 8.31. The summed E-state index contributed by atoms with van der Waals surface area (Å²) < 4.78 is 0. The highest BCUT2D eigenvalue weighted by Gasteiger charge is 2.13. The second-order valence-electron chi connectivity index (χ2n) is 7.16. The van der Waals surface area contributed by atoms with E-state index in [1.165, 1.54) is 25.9 Å². The van der Waals surface area contributed by atoms with Crippen molar-refractivity contribution in [3.63, 3.8) is 0 Å². The van der Waals surface area contributed by atoms with Crippen molar-refractivity contribution in [1.82, 2.24) is 9.88 Å². The molecule has 1 aliphatic rings. The first-order chi connectivity index (χ1) is 13.3. The first-order valence-electron chi connectivity index (χ1n) is 9.77. The van der Waals surface area contributed by atoms with Gasteiger partial charge in [-0.15, -0.1) is 0 Å². The predicted octanol–water partition coefficient (Wildman–Crippen LogP) is 4.52. The second-order valence-corrected chi connectivity index (χ2v) is 7.16. The molecule has 0 atom stereocenters. The maximum Gasteiger partial charge on any atom is 0.256 e. The quantitative estimate of drug-likeness (QED) is 0.704. The Morgan fingerprint density at radius 1 is 1.00 bits per heavy atom. The van der Waals surface area contributed by atoms with Crippen LogP contribution in [0.5, 0.6) is 0 Å². The van der Waals surface area contributed by atoms with Gasteiger partial charge in [0, 0.05) is 16.6 Å². The number of hydrogen-bond acceptors (Lipinski definition) is 3. The number of carbonyl (C=O) groups excluding carboxylic acids is 1. The normalized spacial score (nSPS) is 14.5. The largest absolute Gasteiger partial charge is 0.306 e. The van der Waals surface area contributed by atoms with Crippen molar-refractivity contribution in [2.24, 2.45) is 0 Å². The Bertz CT molecular complexity index is 917. The van der Waals surface area contributed by atoms with Gasteiger partial charge in [-0.25, -0.2) is 4.98 Å². The summed E-state index contributed by atoms with van der Waals surface area (Å²) in [5.41, 5.74) is 1.68. The number of aromatic nitrogens is 1. The molecule has 4 heteroatoms. The summed E-state index contributed by atoms with van der Waals surface area (Å²) in [5, 5.41) is 5.11. The molecule has 1 aliphatic heterocycles. The molecule has 138 valence electrons. The summed E-state index contributed by atoms with van der Waals surface area (Å²) in [4.78, 5) is 19.9. The number of nitrogens with zero attached hydrogens (tertiary/aromatic N) is 2. The zero-order valence-corrected chi connectivity index (χ0v) is 15.5. The van der Waals surface area contributed by atoms with E-state index in [1.54, 1.807) is 0 Å². The van der Waals surface area contributed by atoms with Gasteiger partial charge in [-0.1, -0.05) is 42.5 Å². The molecule has 4 nitrogen and oxygen atoms in total. The smallest absolute Gasteiger partial charge is 0.256 e. The van der Waals surface area contributed by atoms with Gasteiger partial charge in [0.2, 0.25) is 0 Å². The highest BCUT2D eigenvalue weighted by Crippen LogP contribution is 2.24. The molecule has 1 aromatic heterocycles. The van der Waals surface area contributed by atoms with Crippen LogP contribution in [0.15, 0.2) is 60.7 Å². The number of pyridine rings is 1. The van der Waals surface area contributed by atoms with Crippen LogP contribution in [0, 0.1) is 0 Å². The number of hydrogen-bond donors (Lipinski definition) is 1. The lowest BCUT2D eigenvalue weighted by Crippen LogP contribution is -2.21. The van der Waals surface area contributed by atoms with E-state index in [0.29, 0.717) is 11.4 Å². The van der Waals surface area contributed by atoms with E-state index in [2.05, 4.69) is 22.3 Å². The molecule has 4 rings (SSSR count). The fraction of sp³-hybridized carbons (Fsp3) is 0.304. The number of likely N-dealkylation sites (tertiary alicyclic amines) is 1. The number of amides is 1. The molecule has 1 N–H and O–H groups in total. The van der Waals surface area contributed by atoms with Crippen molar-refractivity contribution in [2.45, 2.75) is 25.7 Å². The number of rotatable bonds is 6. The molecule has 0 spiro atoms. The van der Waals surface area contributed by atoms with Gasteiger partial charge in [0.05, 0.1) is 0 Å². The molecule has 2 heterocycles. The highest BCUT2D eigenvalue weighted by molar-refractivity contribution is 6.08. The Balaban J connectivity index is 1.53. The molecule has 1 saturated heterocycles. The molecule has 3 aromatic rings. The molecule has 2 aromatic carbocycles. The molecule has 1 amide bonds. The minimum absolute atomic E-state index is 0.123. The summed E-state index contributed by atoms with van der Waals surface area (Å²) >= 11 is 0. The fourth-order valence-corrected chi connectivity index (χ4v) is 3.74. The van der Waals surface area contributed by atoms with Gasteiger partial charge in [-0.2, -0.15) is 0 Å². The van der Waals surface area contributed by atoms with E-state index in [9.17, 15) is 4.79 Å². The van der Waals surface area contributed by atoms with Crippen LogP contribution in [0.25, 0.3) is 10.8 Å². The van der Waals surface area contributed by atoms with Gasteiger partial charge in [0.25, 0.3) is 5.91 Å². The first-order valence-corrected chi connectivity index (χ1v) is 9.77. The van der Waals surface area contributed by atoms with Crippen molar-refractivity contribution < 1.29 is 4.79 Å². The van der Waals surface area contributed by atoms with E-state index >= 15 is 0 Å². The third-order valence-electron chi connectivity index (χ3n) is 5.17. The van der Waals surface area contributed by atoms with Gasteiger partial charge in [0.15, 0.2) is 0 Å². The van der Waals surface area contributed by atoms with Gasteiger partial charge >= 0.3 is 0 Å². The third-order valence-corrected chi connectivity index (χ3v) is 5.17. The number of benzene rings is 2. The van der Waals surface area contributed by atoms with E-state index < -0.39 is 0 Å². The standard InChI is InChI=1S/C23H25N3O/c27-23(18-9-2-1-3-10-18)25-22-21-13-5-4-11-19(21)17-20(24-22)12-8-16-26-14-6-7-15-26/h1-5,9-11,13,17H,6-8,12,14-16H2,(H,24,25,27). The number of nitrogens with one attached hydrogen (secondary N) is 1. The summed E-state index contributed by atoms with van der Waals surface area (Å²) in [7, 11) is 0. The van der Waals surface area contributed by atoms with E-state index in [0.717, 1.165) is 35.9 Å². The Labute approximate surface area is 160 Å². The van der Waals surface area contributed by atoms with Crippen LogP contribution in [0.2, 0.25) is 0 Å². The molecule has 0 saturated carbocycles.